The van der Waals surface area contributed by atoms with Crippen molar-refractivity contribution in [2.45, 2.75) is 26.3 Å². The summed E-state index contributed by atoms with van der Waals surface area (Å²) < 4.78 is 0.515. The van der Waals surface area contributed by atoms with Crippen LogP contribution in [0.4, 0.5) is 0 Å². The largest absolute Gasteiger partial charge is 0.506 e. The van der Waals surface area contributed by atoms with E-state index in [9.17, 15) is 5.11 Å². The minimum absolute atomic E-state index is 0.149. The molecule has 2 nitrogen and oxygen atoms in total. The Morgan fingerprint density at radius 3 is 2.60 bits per heavy atom. The smallest absolute Gasteiger partial charge is 0.136 e. The van der Waals surface area contributed by atoms with Crippen LogP contribution in [0.3, 0.4) is 0 Å². The molecule has 0 amide bonds. The third-order valence-electron chi connectivity index (χ3n) is 2.23. The molecule has 0 aromatic heterocycles. The molecule has 0 saturated heterocycles. The maximum Gasteiger partial charge on any atom is 0.136 e. The Labute approximate surface area is 104 Å². The third-order valence-corrected chi connectivity index (χ3v) is 3.57. The normalized spacial score (nSPS) is 13.2. The van der Waals surface area contributed by atoms with E-state index in [4.69, 9.17) is 17.3 Å². The fraction of sp³-hybridized carbons (Fsp3) is 0.455. The predicted octanol–water partition coefficient (Wildman–Crippen LogP) is 3.85. The molecule has 3 N–H and O–H groups in total. The minimum atomic E-state index is -0.154. The molecule has 0 aliphatic rings. The van der Waals surface area contributed by atoms with Gasteiger partial charge in [0.2, 0.25) is 0 Å². The molecule has 0 spiro atoms. The van der Waals surface area contributed by atoms with Crippen LogP contribution in [0.25, 0.3) is 0 Å². The van der Waals surface area contributed by atoms with Gasteiger partial charge in [-0.25, -0.2) is 0 Å². The number of hydrogen-bond donors (Lipinski definition) is 2. The second kappa shape index (κ2) is 5.19. The molecule has 0 fully saturated rings. The van der Waals surface area contributed by atoms with Gasteiger partial charge in [-0.1, -0.05) is 31.5 Å². The molecule has 0 unspecified atom stereocenters. The number of phenolic OH excluding ortho intramolecular Hbond substituents is 1. The van der Waals surface area contributed by atoms with Crippen LogP contribution in [-0.4, -0.2) is 5.11 Å². The highest BCUT2D eigenvalue weighted by atomic mass is 79.9. The molecule has 0 aliphatic carbocycles. The van der Waals surface area contributed by atoms with Gasteiger partial charge in [-0.05, 0) is 34.3 Å². The van der Waals surface area contributed by atoms with Crippen molar-refractivity contribution in [3.05, 3.63) is 27.2 Å². The summed E-state index contributed by atoms with van der Waals surface area (Å²) in [5.41, 5.74) is 6.73. The van der Waals surface area contributed by atoms with Gasteiger partial charge in [0.25, 0.3) is 0 Å². The van der Waals surface area contributed by atoms with Crippen molar-refractivity contribution in [2.24, 2.45) is 11.7 Å². The average molecular weight is 293 g/mol. The number of benzene rings is 1. The molecule has 0 radical (unpaired) electrons. The van der Waals surface area contributed by atoms with Crippen molar-refractivity contribution in [3.8, 4) is 5.75 Å². The van der Waals surface area contributed by atoms with Crippen LogP contribution in [0.2, 0.25) is 5.02 Å². The van der Waals surface area contributed by atoms with Gasteiger partial charge in [0.1, 0.15) is 5.75 Å². The number of hydrogen-bond acceptors (Lipinski definition) is 2. The summed E-state index contributed by atoms with van der Waals surface area (Å²) in [7, 11) is 0. The molecule has 1 aromatic carbocycles. The maximum absolute atomic E-state index is 9.85. The van der Waals surface area contributed by atoms with Crippen molar-refractivity contribution in [2.75, 3.05) is 0 Å². The topological polar surface area (TPSA) is 46.2 Å². The highest BCUT2D eigenvalue weighted by Gasteiger charge is 2.15. The average Bonchev–Trinajstić information content (AvgIpc) is 2.13. The third kappa shape index (κ3) is 3.10. The van der Waals surface area contributed by atoms with Gasteiger partial charge in [-0.3, -0.25) is 0 Å². The van der Waals surface area contributed by atoms with Gasteiger partial charge in [-0.2, -0.15) is 0 Å². The quantitative estimate of drug-likeness (QED) is 0.889. The van der Waals surface area contributed by atoms with E-state index in [2.05, 4.69) is 29.8 Å². The summed E-state index contributed by atoms with van der Waals surface area (Å²) in [4.78, 5) is 0. The molecule has 84 valence electrons. The molecule has 0 heterocycles. The second-order valence-corrected chi connectivity index (χ2v) is 5.24. The molecule has 15 heavy (non-hydrogen) atoms. The van der Waals surface area contributed by atoms with E-state index in [1.165, 1.54) is 0 Å². The van der Waals surface area contributed by atoms with Gasteiger partial charge < -0.3 is 10.8 Å². The van der Waals surface area contributed by atoms with E-state index in [1.54, 1.807) is 12.1 Å². The molecule has 1 aromatic rings. The zero-order chi connectivity index (χ0) is 11.6. The van der Waals surface area contributed by atoms with E-state index >= 15 is 0 Å². The number of halogens is 2. The maximum atomic E-state index is 9.85. The highest BCUT2D eigenvalue weighted by molar-refractivity contribution is 9.10. The van der Waals surface area contributed by atoms with Gasteiger partial charge in [0.15, 0.2) is 0 Å². The summed E-state index contributed by atoms with van der Waals surface area (Å²) in [5, 5.41) is 10.3. The molecule has 0 aliphatic heterocycles. The Kier molecular flexibility index (Phi) is 4.44. The number of nitrogens with two attached hydrogens (primary N) is 1. The number of rotatable bonds is 3. The fourth-order valence-electron chi connectivity index (χ4n) is 1.49. The standard InChI is InChI=1S/C11H15BrClNO/c1-6(2)5-9(14)7-3-4-8(13)10(12)11(7)15/h3-4,6,9,15H,5,14H2,1-2H3/t9-/m0/s1. The summed E-state index contributed by atoms with van der Waals surface area (Å²) in [5.74, 6) is 0.643. The van der Waals surface area contributed by atoms with Crippen LogP contribution in [0.5, 0.6) is 5.75 Å². The van der Waals surface area contributed by atoms with Crippen molar-refractivity contribution >= 4 is 27.5 Å². The Balaban J connectivity index is 3.00. The summed E-state index contributed by atoms with van der Waals surface area (Å²) >= 11 is 9.08. The van der Waals surface area contributed by atoms with Gasteiger partial charge in [-0.15, -0.1) is 0 Å². The molecule has 1 atom stereocenters. The van der Waals surface area contributed by atoms with Crippen LogP contribution in [0, 0.1) is 5.92 Å². The Hall–Kier alpha value is -0.250. The Morgan fingerprint density at radius 2 is 2.07 bits per heavy atom. The first-order chi connectivity index (χ1) is 6.93. The van der Waals surface area contributed by atoms with E-state index in [0.29, 0.717) is 15.4 Å². The van der Waals surface area contributed by atoms with Crippen LogP contribution in [0.15, 0.2) is 16.6 Å². The lowest BCUT2D eigenvalue weighted by molar-refractivity contribution is 0.442. The number of phenols is 1. The lowest BCUT2D eigenvalue weighted by Crippen LogP contribution is -2.13. The first-order valence-electron chi connectivity index (χ1n) is 4.86. The Bertz CT molecular complexity index is 355. The first-order valence-corrected chi connectivity index (χ1v) is 6.03. The fourth-order valence-corrected chi connectivity index (χ4v) is 2.00. The van der Waals surface area contributed by atoms with Crippen LogP contribution in [0.1, 0.15) is 31.9 Å². The lowest BCUT2D eigenvalue weighted by atomic mass is 9.97. The molecule has 4 heteroatoms. The van der Waals surface area contributed by atoms with E-state index < -0.39 is 0 Å². The van der Waals surface area contributed by atoms with Gasteiger partial charge in [0.05, 0.1) is 9.50 Å². The van der Waals surface area contributed by atoms with Crippen LogP contribution < -0.4 is 5.73 Å². The van der Waals surface area contributed by atoms with Gasteiger partial charge in [0, 0.05) is 11.6 Å². The van der Waals surface area contributed by atoms with Crippen molar-refractivity contribution < 1.29 is 5.11 Å². The predicted molar refractivity (Wildman–Crippen MR) is 67.2 cm³/mol. The molecular formula is C11H15BrClNO. The Morgan fingerprint density at radius 1 is 1.47 bits per heavy atom. The summed E-state index contributed by atoms with van der Waals surface area (Å²) in [6.45, 7) is 4.20. The van der Waals surface area contributed by atoms with E-state index in [1.807, 2.05) is 0 Å². The molecule has 1 rings (SSSR count). The van der Waals surface area contributed by atoms with Crippen molar-refractivity contribution in [3.63, 3.8) is 0 Å². The van der Waals surface area contributed by atoms with Crippen LogP contribution >= 0.6 is 27.5 Å². The first kappa shape index (κ1) is 12.8. The number of aromatic hydroxyl groups is 1. The molecular weight excluding hydrogens is 277 g/mol. The van der Waals surface area contributed by atoms with E-state index in [0.717, 1.165) is 12.0 Å². The second-order valence-electron chi connectivity index (χ2n) is 4.04. The highest BCUT2D eigenvalue weighted by Crippen LogP contribution is 2.37. The lowest BCUT2D eigenvalue weighted by Gasteiger charge is -2.16. The molecule has 0 bridgehead atoms. The zero-order valence-corrected chi connectivity index (χ0v) is 11.1. The van der Waals surface area contributed by atoms with Crippen LogP contribution in [-0.2, 0) is 0 Å². The van der Waals surface area contributed by atoms with E-state index in [-0.39, 0.29) is 11.8 Å². The monoisotopic (exact) mass is 291 g/mol. The summed E-state index contributed by atoms with van der Waals surface area (Å²) in [6, 6.07) is 3.36. The minimum Gasteiger partial charge on any atom is -0.506 e. The van der Waals surface area contributed by atoms with Crippen molar-refractivity contribution in [1.29, 1.82) is 0 Å². The molecule has 0 saturated carbocycles. The SMILES string of the molecule is CC(C)C[C@H](N)c1ccc(Cl)c(Br)c1O. The summed E-state index contributed by atoms with van der Waals surface area (Å²) in [6.07, 6.45) is 0.835. The van der Waals surface area contributed by atoms with Gasteiger partial charge >= 0.3 is 0 Å². The zero-order valence-electron chi connectivity index (χ0n) is 8.80. The van der Waals surface area contributed by atoms with Crippen molar-refractivity contribution in [1.82, 2.24) is 0 Å².